The first-order valence-electron chi connectivity index (χ1n) is 7.10. The van der Waals surface area contributed by atoms with Crippen molar-refractivity contribution in [1.82, 2.24) is 15.1 Å². The van der Waals surface area contributed by atoms with Gasteiger partial charge in [0.15, 0.2) is 6.61 Å². The van der Waals surface area contributed by atoms with Crippen molar-refractivity contribution >= 4 is 0 Å². The van der Waals surface area contributed by atoms with Gasteiger partial charge in [-0.15, -0.1) is 0 Å². The summed E-state index contributed by atoms with van der Waals surface area (Å²) in [6.07, 6.45) is 4.81. The number of hydrogen-bond acceptors (Lipinski definition) is 4. The van der Waals surface area contributed by atoms with E-state index in [2.05, 4.69) is 17.3 Å². The van der Waals surface area contributed by atoms with Crippen LogP contribution in [-0.2, 0) is 6.54 Å². The van der Waals surface area contributed by atoms with Crippen molar-refractivity contribution in [2.45, 2.75) is 25.9 Å². The number of ether oxygens (including phenoxy) is 1. The van der Waals surface area contributed by atoms with E-state index < -0.39 is 0 Å². The predicted molar refractivity (Wildman–Crippen MR) is 80.8 cm³/mol. The number of rotatable bonds is 8. The molecule has 1 atom stereocenters. The van der Waals surface area contributed by atoms with Crippen LogP contribution in [0.3, 0.4) is 0 Å². The van der Waals surface area contributed by atoms with Crippen molar-refractivity contribution in [2.75, 3.05) is 13.2 Å². The molecule has 0 aliphatic rings. The summed E-state index contributed by atoms with van der Waals surface area (Å²) < 4.78 is 7.18. The van der Waals surface area contributed by atoms with Crippen molar-refractivity contribution in [2.24, 2.45) is 0 Å². The minimum absolute atomic E-state index is 0.0839. The summed E-state index contributed by atoms with van der Waals surface area (Å²) >= 11 is 0. The van der Waals surface area contributed by atoms with Gasteiger partial charge in [-0.3, -0.25) is 4.68 Å². The molecule has 5 heteroatoms. The van der Waals surface area contributed by atoms with E-state index in [1.165, 1.54) is 5.56 Å². The molecule has 21 heavy (non-hydrogen) atoms. The third-order valence-electron chi connectivity index (χ3n) is 3.26. The largest absolute Gasteiger partial charge is 0.479 e. The fourth-order valence-electron chi connectivity index (χ4n) is 2.08. The van der Waals surface area contributed by atoms with E-state index in [0.29, 0.717) is 0 Å². The summed E-state index contributed by atoms with van der Waals surface area (Å²) in [5.41, 5.74) is 1.21. The maximum atomic E-state index is 8.47. The molecular formula is C16H20N4O. The summed E-state index contributed by atoms with van der Waals surface area (Å²) in [6, 6.07) is 12.0. The zero-order valence-corrected chi connectivity index (χ0v) is 12.2. The fraction of sp³-hybridized carbons (Fsp3) is 0.375. The summed E-state index contributed by atoms with van der Waals surface area (Å²) in [6.45, 7) is 4.08. The van der Waals surface area contributed by atoms with Crippen molar-refractivity contribution < 1.29 is 4.74 Å². The molecule has 1 aromatic heterocycles. The van der Waals surface area contributed by atoms with Crippen LogP contribution >= 0.6 is 0 Å². The molecule has 1 aromatic carbocycles. The van der Waals surface area contributed by atoms with Crippen molar-refractivity contribution in [3.05, 3.63) is 48.3 Å². The Kier molecular flexibility index (Phi) is 5.80. The Morgan fingerprint density at radius 3 is 2.86 bits per heavy atom. The van der Waals surface area contributed by atoms with E-state index in [9.17, 15) is 0 Å². The standard InChI is InChI=1S/C16H20N4O/c1-14(18-9-2-11-20-12-3-10-19-20)15-4-6-16(7-5-15)21-13-8-17/h3-7,10,12,14,18H,2,9,11,13H2,1H3. The van der Waals surface area contributed by atoms with Gasteiger partial charge in [0.25, 0.3) is 0 Å². The molecule has 0 aliphatic heterocycles. The topological polar surface area (TPSA) is 62.9 Å². The molecule has 2 aromatic rings. The lowest BCUT2D eigenvalue weighted by molar-refractivity contribution is 0.368. The molecule has 0 fully saturated rings. The second kappa shape index (κ2) is 8.08. The molecular weight excluding hydrogens is 264 g/mol. The predicted octanol–water partition coefficient (Wildman–Crippen LogP) is 2.53. The molecule has 0 saturated carbocycles. The van der Waals surface area contributed by atoms with Crippen molar-refractivity contribution in [1.29, 1.82) is 5.26 Å². The van der Waals surface area contributed by atoms with E-state index in [-0.39, 0.29) is 12.6 Å². The molecule has 5 nitrogen and oxygen atoms in total. The van der Waals surface area contributed by atoms with Crippen LogP contribution in [0, 0.1) is 11.3 Å². The molecule has 110 valence electrons. The number of nitrogens with one attached hydrogen (secondary N) is 1. The minimum atomic E-state index is 0.0839. The number of aromatic nitrogens is 2. The molecule has 0 radical (unpaired) electrons. The Hall–Kier alpha value is -2.32. The van der Waals surface area contributed by atoms with Gasteiger partial charge in [-0.1, -0.05) is 12.1 Å². The summed E-state index contributed by atoms with van der Waals surface area (Å²) in [7, 11) is 0. The van der Waals surface area contributed by atoms with Gasteiger partial charge in [0, 0.05) is 25.0 Å². The number of aryl methyl sites for hydroxylation is 1. The monoisotopic (exact) mass is 284 g/mol. The fourth-order valence-corrected chi connectivity index (χ4v) is 2.08. The zero-order valence-electron chi connectivity index (χ0n) is 12.2. The van der Waals surface area contributed by atoms with Crippen LogP contribution in [0.5, 0.6) is 5.75 Å². The average molecular weight is 284 g/mol. The first-order valence-corrected chi connectivity index (χ1v) is 7.10. The maximum absolute atomic E-state index is 8.47. The highest BCUT2D eigenvalue weighted by molar-refractivity contribution is 5.29. The number of nitriles is 1. The smallest absolute Gasteiger partial charge is 0.174 e. The highest BCUT2D eigenvalue weighted by Gasteiger charge is 2.04. The lowest BCUT2D eigenvalue weighted by atomic mass is 10.1. The highest BCUT2D eigenvalue weighted by atomic mass is 16.5. The summed E-state index contributed by atoms with van der Waals surface area (Å²) in [4.78, 5) is 0. The SMILES string of the molecule is CC(NCCCn1cccn1)c1ccc(OCC#N)cc1. The van der Waals surface area contributed by atoms with Crippen LogP contribution in [0.1, 0.15) is 24.9 Å². The lowest BCUT2D eigenvalue weighted by Crippen LogP contribution is -2.21. The molecule has 1 N–H and O–H groups in total. The van der Waals surface area contributed by atoms with Gasteiger partial charge in [-0.2, -0.15) is 10.4 Å². The summed E-state index contributed by atoms with van der Waals surface area (Å²) in [5.74, 6) is 0.728. The van der Waals surface area contributed by atoms with Gasteiger partial charge >= 0.3 is 0 Å². The van der Waals surface area contributed by atoms with Gasteiger partial charge in [-0.05, 0) is 43.7 Å². The van der Waals surface area contributed by atoms with Crippen LogP contribution in [-0.4, -0.2) is 22.9 Å². The van der Waals surface area contributed by atoms with E-state index in [0.717, 1.165) is 25.3 Å². The van der Waals surface area contributed by atoms with Crippen LogP contribution in [0.4, 0.5) is 0 Å². The molecule has 0 saturated heterocycles. The zero-order chi connectivity index (χ0) is 14.9. The molecule has 0 spiro atoms. The first-order chi connectivity index (χ1) is 10.3. The van der Waals surface area contributed by atoms with Gasteiger partial charge in [0.05, 0.1) is 0 Å². The molecule has 2 rings (SSSR count). The quantitative estimate of drug-likeness (QED) is 0.757. The Balaban J connectivity index is 1.72. The van der Waals surface area contributed by atoms with E-state index in [4.69, 9.17) is 10.00 Å². The molecule has 1 heterocycles. The second-order valence-electron chi connectivity index (χ2n) is 4.81. The van der Waals surface area contributed by atoms with Crippen molar-refractivity contribution in [3.63, 3.8) is 0 Å². The molecule has 0 aliphatic carbocycles. The van der Waals surface area contributed by atoms with E-state index in [1.54, 1.807) is 6.20 Å². The minimum Gasteiger partial charge on any atom is -0.479 e. The van der Waals surface area contributed by atoms with E-state index >= 15 is 0 Å². The van der Waals surface area contributed by atoms with Crippen LogP contribution in [0.2, 0.25) is 0 Å². The maximum Gasteiger partial charge on any atom is 0.174 e. The Morgan fingerprint density at radius 1 is 1.38 bits per heavy atom. The normalized spacial score (nSPS) is 11.8. The lowest BCUT2D eigenvalue weighted by Gasteiger charge is -2.14. The van der Waals surface area contributed by atoms with Gasteiger partial charge < -0.3 is 10.1 Å². The van der Waals surface area contributed by atoms with Crippen LogP contribution < -0.4 is 10.1 Å². The molecule has 0 bridgehead atoms. The third kappa shape index (κ3) is 4.93. The second-order valence-corrected chi connectivity index (χ2v) is 4.81. The first kappa shape index (κ1) is 15.1. The Bertz CT molecular complexity index is 557. The van der Waals surface area contributed by atoms with Gasteiger partial charge in [0.1, 0.15) is 11.8 Å². The van der Waals surface area contributed by atoms with Crippen molar-refractivity contribution in [3.8, 4) is 11.8 Å². The number of benzene rings is 1. The molecule has 1 unspecified atom stereocenters. The Labute approximate surface area is 125 Å². The number of hydrogen-bond donors (Lipinski definition) is 1. The highest BCUT2D eigenvalue weighted by Crippen LogP contribution is 2.17. The van der Waals surface area contributed by atoms with Crippen LogP contribution in [0.15, 0.2) is 42.7 Å². The molecule has 0 amide bonds. The van der Waals surface area contributed by atoms with Crippen LogP contribution in [0.25, 0.3) is 0 Å². The van der Waals surface area contributed by atoms with Gasteiger partial charge in [0.2, 0.25) is 0 Å². The summed E-state index contributed by atoms with van der Waals surface area (Å²) in [5, 5.41) is 16.1. The number of nitrogens with zero attached hydrogens (tertiary/aromatic N) is 3. The Morgan fingerprint density at radius 2 is 2.19 bits per heavy atom. The van der Waals surface area contributed by atoms with E-state index in [1.807, 2.05) is 47.3 Å². The average Bonchev–Trinajstić information content (AvgIpc) is 3.03. The third-order valence-corrected chi connectivity index (χ3v) is 3.26. The van der Waals surface area contributed by atoms with Gasteiger partial charge in [-0.25, -0.2) is 0 Å².